The van der Waals surface area contributed by atoms with Gasteiger partial charge in [0.2, 0.25) is 0 Å². The molecule has 3 heteroatoms. The molecule has 0 amide bonds. The third kappa shape index (κ3) is 1.65. The molecule has 3 heterocycles. The maximum atomic E-state index is 11.9. The maximum Gasteiger partial charge on any atom is 0.331 e. The van der Waals surface area contributed by atoms with Gasteiger partial charge in [-0.25, -0.2) is 4.79 Å². The van der Waals surface area contributed by atoms with E-state index in [0.29, 0.717) is 12.1 Å². The van der Waals surface area contributed by atoms with Crippen molar-refractivity contribution in [2.75, 3.05) is 6.54 Å². The highest BCUT2D eigenvalue weighted by Gasteiger charge is 2.63. The van der Waals surface area contributed by atoms with E-state index in [-0.39, 0.29) is 11.6 Å². The van der Waals surface area contributed by atoms with Crippen LogP contribution in [0.2, 0.25) is 0 Å². The molecule has 3 fully saturated rings. The average Bonchev–Trinajstić information content (AvgIpc) is 2.93. The molecule has 4 rings (SSSR count). The number of esters is 1. The number of carbonyl (C=O) groups excluding carboxylic acids is 1. The zero-order valence-corrected chi connectivity index (χ0v) is 12.4. The highest BCUT2D eigenvalue weighted by atomic mass is 16.6. The van der Waals surface area contributed by atoms with Crippen molar-refractivity contribution in [2.24, 2.45) is 5.92 Å². The fourth-order valence-electron chi connectivity index (χ4n) is 5.26. The van der Waals surface area contributed by atoms with E-state index in [9.17, 15) is 4.79 Å². The van der Waals surface area contributed by atoms with Gasteiger partial charge in [0.05, 0.1) is 6.04 Å². The molecule has 3 aliphatic heterocycles. The molecule has 0 aromatic carbocycles. The van der Waals surface area contributed by atoms with E-state index in [1.54, 1.807) is 0 Å². The maximum absolute atomic E-state index is 11.9. The lowest BCUT2D eigenvalue weighted by Gasteiger charge is -2.38. The topological polar surface area (TPSA) is 29.5 Å². The first-order valence-corrected chi connectivity index (χ1v) is 8.44. The highest BCUT2D eigenvalue weighted by Crippen LogP contribution is 2.56. The standard InChI is InChI=1S/C17H25NO2/c1-2-3-6-12-9-13-10-16(19)20-17(13)11-14(12)18-8-5-4-7-15(17)18/h10,12,14-15H,2-9,11H2,1H3/t12?,14-,15+,17-/m0/s1. The Morgan fingerprint density at radius 2 is 2.35 bits per heavy atom. The van der Waals surface area contributed by atoms with Crippen LogP contribution in [0.4, 0.5) is 0 Å². The summed E-state index contributed by atoms with van der Waals surface area (Å²) in [7, 11) is 0. The van der Waals surface area contributed by atoms with Crippen LogP contribution in [0.1, 0.15) is 58.3 Å². The van der Waals surface area contributed by atoms with Crippen LogP contribution in [0.5, 0.6) is 0 Å². The first kappa shape index (κ1) is 12.9. The molecule has 110 valence electrons. The summed E-state index contributed by atoms with van der Waals surface area (Å²) in [6, 6.07) is 1.14. The molecule has 2 saturated heterocycles. The minimum atomic E-state index is -0.217. The van der Waals surface area contributed by atoms with Crippen molar-refractivity contribution in [1.29, 1.82) is 0 Å². The van der Waals surface area contributed by atoms with E-state index in [1.807, 2.05) is 6.08 Å². The number of hydrogen-bond acceptors (Lipinski definition) is 3. The van der Waals surface area contributed by atoms with Gasteiger partial charge in [-0.05, 0) is 43.7 Å². The average molecular weight is 275 g/mol. The van der Waals surface area contributed by atoms with E-state index < -0.39 is 0 Å². The third-order valence-corrected chi connectivity index (χ3v) is 6.09. The van der Waals surface area contributed by atoms with Crippen molar-refractivity contribution in [3.05, 3.63) is 11.6 Å². The molecule has 4 atom stereocenters. The summed E-state index contributed by atoms with van der Waals surface area (Å²) in [5, 5.41) is 0. The predicted molar refractivity (Wildman–Crippen MR) is 77.3 cm³/mol. The number of piperidine rings is 1. The van der Waals surface area contributed by atoms with Gasteiger partial charge in [-0.1, -0.05) is 26.2 Å². The lowest BCUT2D eigenvalue weighted by molar-refractivity contribution is -0.148. The Morgan fingerprint density at radius 1 is 1.45 bits per heavy atom. The summed E-state index contributed by atoms with van der Waals surface area (Å²) in [5.41, 5.74) is 1.11. The summed E-state index contributed by atoms with van der Waals surface area (Å²) in [6.45, 7) is 3.48. The summed E-state index contributed by atoms with van der Waals surface area (Å²) in [4.78, 5) is 14.6. The molecule has 0 aromatic rings. The lowest BCUT2D eigenvalue weighted by atomic mass is 9.72. The van der Waals surface area contributed by atoms with Gasteiger partial charge in [0.25, 0.3) is 0 Å². The minimum absolute atomic E-state index is 0.0812. The largest absolute Gasteiger partial charge is 0.450 e. The zero-order chi connectivity index (χ0) is 13.7. The van der Waals surface area contributed by atoms with Gasteiger partial charge in [0.1, 0.15) is 0 Å². The number of carbonyl (C=O) groups is 1. The van der Waals surface area contributed by atoms with Gasteiger partial charge in [0.15, 0.2) is 5.60 Å². The van der Waals surface area contributed by atoms with Crippen LogP contribution < -0.4 is 0 Å². The fraction of sp³-hybridized carbons (Fsp3) is 0.824. The van der Waals surface area contributed by atoms with Gasteiger partial charge in [-0.15, -0.1) is 0 Å². The summed E-state index contributed by atoms with van der Waals surface area (Å²) in [5.74, 6) is 0.661. The predicted octanol–water partition coefficient (Wildman–Crippen LogP) is 3.05. The van der Waals surface area contributed by atoms with Gasteiger partial charge < -0.3 is 4.74 Å². The Hall–Kier alpha value is -0.830. The summed E-state index contributed by atoms with van der Waals surface area (Å²) < 4.78 is 5.89. The fourth-order valence-corrected chi connectivity index (χ4v) is 5.26. The van der Waals surface area contributed by atoms with Crippen LogP contribution in [0.3, 0.4) is 0 Å². The van der Waals surface area contributed by atoms with Gasteiger partial charge in [0, 0.05) is 18.5 Å². The second-order valence-corrected chi connectivity index (χ2v) is 7.11. The Morgan fingerprint density at radius 3 is 3.20 bits per heavy atom. The van der Waals surface area contributed by atoms with Gasteiger partial charge in [-0.2, -0.15) is 0 Å². The number of nitrogens with zero attached hydrogens (tertiary/aromatic N) is 1. The van der Waals surface area contributed by atoms with Gasteiger partial charge in [-0.3, -0.25) is 4.90 Å². The van der Waals surface area contributed by atoms with Crippen molar-refractivity contribution in [1.82, 2.24) is 4.90 Å². The van der Waals surface area contributed by atoms with Crippen molar-refractivity contribution in [2.45, 2.75) is 76.0 Å². The van der Waals surface area contributed by atoms with Crippen molar-refractivity contribution >= 4 is 5.97 Å². The first-order chi connectivity index (χ1) is 9.74. The second kappa shape index (κ2) is 4.59. The first-order valence-electron chi connectivity index (χ1n) is 8.44. The molecular weight excluding hydrogens is 250 g/mol. The Kier molecular flexibility index (Phi) is 2.95. The molecule has 0 radical (unpaired) electrons. The highest BCUT2D eigenvalue weighted by molar-refractivity contribution is 5.87. The van der Waals surface area contributed by atoms with E-state index in [4.69, 9.17) is 4.74 Å². The van der Waals surface area contributed by atoms with Crippen LogP contribution in [0.25, 0.3) is 0 Å². The molecule has 20 heavy (non-hydrogen) atoms. The summed E-state index contributed by atoms with van der Waals surface area (Å²) in [6.07, 6.45) is 11.7. The molecular formula is C17H25NO2. The van der Waals surface area contributed by atoms with Crippen LogP contribution >= 0.6 is 0 Å². The number of ether oxygens (including phenoxy) is 1. The number of rotatable bonds is 3. The molecule has 1 unspecified atom stereocenters. The summed E-state index contributed by atoms with van der Waals surface area (Å²) >= 11 is 0. The number of unbranched alkanes of at least 4 members (excludes halogenated alkanes) is 1. The lowest BCUT2D eigenvalue weighted by Crippen LogP contribution is -2.48. The van der Waals surface area contributed by atoms with Gasteiger partial charge >= 0.3 is 5.97 Å². The normalized spacial score (nSPS) is 43.0. The molecule has 1 spiro atoms. The number of hydrogen-bond donors (Lipinski definition) is 0. The molecule has 2 bridgehead atoms. The monoisotopic (exact) mass is 275 g/mol. The third-order valence-electron chi connectivity index (χ3n) is 6.09. The van der Waals surface area contributed by atoms with Crippen LogP contribution in [-0.4, -0.2) is 35.1 Å². The zero-order valence-electron chi connectivity index (χ0n) is 12.4. The molecule has 0 aromatic heterocycles. The quantitative estimate of drug-likeness (QED) is 0.741. The minimum Gasteiger partial charge on any atom is -0.450 e. The van der Waals surface area contributed by atoms with E-state index in [0.717, 1.165) is 18.8 Å². The Balaban J connectivity index is 1.68. The molecule has 1 saturated carbocycles. The van der Waals surface area contributed by atoms with E-state index in [1.165, 1.54) is 50.6 Å². The van der Waals surface area contributed by atoms with Crippen molar-refractivity contribution in [3.8, 4) is 0 Å². The molecule has 0 N–H and O–H groups in total. The molecule has 3 nitrogen and oxygen atoms in total. The van der Waals surface area contributed by atoms with E-state index in [2.05, 4.69) is 11.8 Å². The SMILES string of the molecule is CCCCC1CC2=CC(=O)O[C@@]23C[C@@H]1N1CCCC[C@@H]13. The van der Waals surface area contributed by atoms with Crippen molar-refractivity contribution < 1.29 is 9.53 Å². The second-order valence-electron chi connectivity index (χ2n) is 7.11. The number of fused-ring (bicyclic) bond motifs is 3. The smallest absolute Gasteiger partial charge is 0.331 e. The Labute approximate surface area is 121 Å². The van der Waals surface area contributed by atoms with E-state index >= 15 is 0 Å². The van der Waals surface area contributed by atoms with Crippen molar-refractivity contribution in [3.63, 3.8) is 0 Å². The molecule has 4 aliphatic rings. The molecule has 1 aliphatic carbocycles. The van der Waals surface area contributed by atoms with Crippen LogP contribution in [0.15, 0.2) is 11.6 Å². The van der Waals surface area contributed by atoms with Crippen LogP contribution in [-0.2, 0) is 9.53 Å². The Bertz CT molecular complexity index is 458. The van der Waals surface area contributed by atoms with Crippen LogP contribution in [0, 0.1) is 5.92 Å².